The van der Waals surface area contributed by atoms with Crippen LogP contribution in [0.5, 0.6) is 0 Å². The van der Waals surface area contributed by atoms with E-state index in [-0.39, 0.29) is 11.5 Å². The monoisotopic (exact) mass is 591 g/mol. The number of hydrogen-bond acceptors (Lipinski definition) is 10. The number of nitrogen functional groups attached to an aromatic ring is 1. The topological polar surface area (TPSA) is 172 Å². The molecular formula is C32H33N9O3. The summed E-state index contributed by atoms with van der Waals surface area (Å²) >= 11 is 0. The van der Waals surface area contributed by atoms with E-state index in [1.54, 1.807) is 47.6 Å². The lowest BCUT2D eigenvalue weighted by molar-refractivity contribution is 0.0706. The minimum absolute atomic E-state index is 0.127. The molecule has 12 nitrogen and oxygen atoms in total. The number of fused-ring (bicyclic) bond motifs is 1. The summed E-state index contributed by atoms with van der Waals surface area (Å²) in [6, 6.07) is 21.2. The average molecular weight is 592 g/mol. The number of nitrogens with zero attached hydrogens (tertiary/aromatic N) is 5. The highest BCUT2D eigenvalue weighted by molar-refractivity contribution is 5.93. The molecule has 0 aliphatic rings. The second kappa shape index (κ2) is 13.1. The molecule has 5 aromatic rings. The summed E-state index contributed by atoms with van der Waals surface area (Å²) in [6.45, 7) is 4.23. The normalized spacial score (nSPS) is 11.9. The van der Waals surface area contributed by atoms with E-state index in [2.05, 4.69) is 25.6 Å². The Kier molecular flexibility index (Phi) is 8.91. The van der Waals surface area contributed by atoms with Crippen LogP contribution < -0.4 is 27.4 Å². The third-order valence-electron chi connectivity index (χ3n) is 7.18. The van der Waals surface area contributed by atoms with Gasteiger partial charge in [0.15, 0.2) is 0 Å². The highest BCUT2D eigenvalue weighted by Gasteiger charge is 2.23. The number of nitrogens with two attached hydrogens (primary N) is 1. The van der Waals surface area contributed by atoms with E-state index in [1.165, 1.54) is 0 Å². The van der Waals surface area contributed by atoms with Crippen molar-refractivity contribution in [3.63, 3.8) is 0 Å². The van der Waals surface area contributed by atoms with Gasteiger partial charge in [0.2, 0.25) is 5.95 Å². The Balaban J connectivity index is 1.60. The van der Waals surface area contributed by atoms with Gasteiger partial charge in [-0.1, -0.05) is 43.3 Å². The van der Waals surface area contributed by atoms with E-state index in [0.29, 0.717) is 63.7 Å². The number of anilines is 3. The van der Waals surface area contributed by atoms with Gasteiger partial charge in [-0.2, -0.15) is 4.98 Å². The predicted molar refractivity (Wildman–Crippen MR) is 172 cm³/mol. The predicted octanol–water partition coefficient (Wildman–Crippen LogP) is 4.41. The third-order valence-corrected chi connectivity index (χ3v) is 7.18. The maximum absolute atomic E-state index is 14.4. The Morgan fingerprint density at radius 3 is 2.48 bits per heavy atom. The molecule has 2 aromatic heterocycles. The first kappa shape index (κ1) is 29.9. The summed E-state index contributed by atoms with van der Waals surface area (Å²) in [5.74, 6) is 0.552. The van der Waals surface area contributed by atoms with Crippen LogP contribution in [0.15, 0.2) is 82.6 Å². The van der Waals surface area contributed by atoms with Gasteiger partial charge in [0.1, 0.15) is 11.6 Å². The van der Waals surface area contributed by atoms with E-state index >= 15 is 0 Å². The van der Waals surface area contributed by atoms with Gasteiger partial charge in [0.25, 0.3) is 11.5 Å². The standard InChI is InChI=1S/C32H33N9O3/c1-4-24(37-28-23(18-34-3)19(2)36-32(33)39-28)29-38-26-12-8-11-25(27(26)31(43)41(29)22-9-6-5-7-10-22)35-17-20-13-15-21(16-14-20)30(42)40-44/h5-16,18,24,35,44H,4,17H2,1-3H3,(H,40,42)(H3,33,36,37,39)/b34-18+/t24-/m0/s1. The fraction of sp³-hybridized carbons (Fsp3) is 0.188. The molecule has 224 valence electrons. The Labute approximate surface area is 253 Å². The van der Waals surface area contributed by atoms with Crippen LogP contribution in [0.2, 0.25) is 0 Å². The van der Waals surface area contributed by atoms with E-state index < -0.39 is 11.9 Å². The first-order chi connectivity index (χ1) is 21.3. The summed E-state index contributed by atoms with van der Waals surface area (Å²) in [5, 5.41) is 16.1. The van der Waals surface area contributed by atoms with Gasteiger partial charge in [0, 0.05) is 31.1 Å². The minimum Gasteiger partial charge on any atom is -0.380 e. The van der Waals surface area contributed by atoms with Crippen molar-refractivity contribution in [1.29, 1.82) is 0 Å². The Bertz CT molecular complexity index is 1890. The van der Waals surface area contributed by atoms with Gasteiger partial charge in [-0.25, -0.2) is 15.4 Å². The van der Waals surface area contributed by atoms with Gasteiger partial charge >= 0.3 is 0 Å². The molecule has 1 amide bonds. The molecule has 1 atom stereocenters. The fourth-order valence-electron chi connectivity index (χ4n) is 5.00. The van der Waals surface area contributed by atoms with Crippen molar-refractivity contribution in [2.45, 2.75) is 32.9 Å². The highest BCUT2D eigenvalue weighted by atomic mass is 16.5. The Morgan fingerprint density at radius 2 is 1.80 bits per heavy atom. The largest absolute Gasteiger partial charge is 0.380 e. The van der Waals surface area contributed by atoms with Crippen molar-refractivity contribution in [3.05, 3.63) is 111 Å². The lowest BCUT2D eigenvalue weighted by atomic mass is 10.1. The molecule has 0 radical (unpaired) electrons. The van der Waals surface area contributed by atoms with Crippen LogP contribution in [0.3, 0.4) is 0 Å². The molecule has 0 saturated carbocycles. The first-order valence-corrected chi connectivity index (χ1v) is 14.1. The number of hydrogen-bond donors (Lipinski definition) is 5. The molecule has 3 aromatic carbocycles. The van der Waals surface area contributed by atoms with Crippen molar-refractivity contribution in [1.82, 2.24) is 25.0 Å². The van der Waals surface area contributed by atoms with Crippen LogP contribution in [0.25, 0.3) is 16.6 Å². The van der Waals surface area contributed by atoms with Crippen LogP contribution in [-0.4, -0.2) is 43.9 Å². The number of rotatable bonds is 10. The van der Waals surface area contributed by atoms with Gasteiger partial charge in [0.05, 0.1) is 33.9 Å². The molecule has 44 heavy (non-hydrogen) atoms. The first-order valence-electron chi connectivity index (χ1n) is 14.1. The van der Waals surface area contributed by atoms with Crippen molar-refractivity contribution in [2.75, 3.05) is 23.4 Å². The number of aryl methyl sites for hydroxylation is 1. The van der Waals surface area contributed by atoms with Crippen molar-refractivity contribution < 1.29 is 10.0 Å². The molecule has 0 fully saturated rings. The second-order valence-electron chi connectivity index (χ2n) is 10.1. The molecule has 0 unspecified atom stereocenters. The molecule has 0 spiro atoms. The maximum Gasteiger partial charge on any atom is 0.274 e. The number of amides is 1. The van der Waals surface area contributed by atoms with Gasteiger partial charge < -0.3 is 16.4 Å². The van der Waals surface area contributed by atoms with E-state index in [1.807, 2.05) is 62.4 Å². The van der Waals surface area contributed by atoms with E-state index in [0.717, 1.165) is 5.56 Å². The number of carbonyl (C=O) groups is 1. The van der Waals surface area contributed by atoms with Crippen LogP contribution in [-0.2, 0) is 6.54 Å². The molecule has 2 heterocycles. The zero-order chi connectivity index (χ0) is 31.2. The number of hydroxylamine groups is 1. The van der Waals surface area contributed by atoms with E-state index in [4.69, 9.17) is 15.9 Å². The SMILES string of the molecule is CC[C@H](Nc1nc(N)nc(C)c1/C=N/C)c1nc2cccc(NCc3ccc(C(=O)NO)cc3)c2c(=O)n1-c1ccccc1. The smallest absolute Gasteiger partial charge is 0.274 e. The van der Waals surface area contributed by atoms with Gasteiger partial charge in [-0.3, -0.25) is 24.4 Å². The fourth-order valence-corrected chi connectivity index (χ4v) is 5.00. The summed E-state index contributed by atoms with van der Waals surface area (Å²) in [5.41, 5.74) is 11.8. The third kappa shape index (κ3) is 6.10. The lowest BCUT2D eigenvalue weighted by Gasteiger charge is -2.23. The molecule has 0 saturated heterocycles. The second-order valence-corrected chi connectivity index (χ2v) is 10.1. The summed E-state index contributed by atoms with van der Waals surface area (Å²) in [6.07, 6.45) is 2.26. The zero-order valence-electron chi connectivity index (χ0n) is 24.6. The van der Waals surface area contributed by atoms with Crippen molar-refractivity contribution >= 4 is 40.5 Å². The van der Waals surface area contributed by atoms with Crippen LogP contribution >= 0.6 is 0 Å². The lowest BCUT2D eigenvalue weighted by Crippen LogP contribution is -2.29. The summed E-state index contributed by atoms with van der Waals surface area (Å²) < 4.78 is 1.63. The quantitative estimate of drug-likeness (QED) is 0.0896. The van der Waals surface area contributed by atoms with Gasteiger partial charge in [-0.15, -0.1) is 0 Å². The maximum atomic E-state index is 14.4. The number of aromatic nitrogens is 4. The van der Waals surface area contributed by atoms with Crippen LogP contribution in [0.4, 0.5) is 17.5 Å². The highest BCUT2D eigenvalue weighted by Crippen LogP contribution is 2.28. The Morgan fingerprint density at radius 1 is 1.05 bits per heavy atom. The molecule has 6 N–H and O–H groups in total. The van der Waals surface area contributed by atoms with Crippen molar-refractivity contribution in [2.24, 2.45) is 4.99 Å². The number of aliphatic imine (C=N–C) groups is 1. The number of carbonyl (C=O) groups excluding carboxylic acids is 1. The number of benzene rings is 3. The van der Waals surface area contributed by atoms with Crippen LogP contribution in [0, 0.1) is 6.92 Å². The van der Waals surface area contributed by atoms with Crippen LogP contribution in [0.1, 0.15) is 52.4 Å². The number of nitrogens with one attached hydrogen (secondary N) is 3. The van der Waals surface area contributed by atoms with E-state index in [9.17, 15) is 9.59 Å². The molecular weight excluding hydrogens is 558 g/mol. The number of para-hydroxylation sites is 1. The summed E-state index contributed by atoms with van der Waals surface area (Å²) in [4.78, 5) is 44.0. The van der Waals surface area contributed by atoms with Gasteiger partial charge in [-0.05, 0) is 55.3 Å². The molecule has 12 heteroatoms. The van der Waals surface area contributed by atoms with Crippen molar-refractivity contribution in [3.8, 4) is 5.69 Å². The minimum atomic E-state index is -0.588. The summed E-state index contributed by atoms with van der Waals surface area (Å²) in [7, 11) is 1.67. The molecule has 0 aliphatic heterocycles. The Hall–Kier alpha value is -5.62. The average Bonchev–Trinajstić information content (AvgIpc) is 3.04. The molecule has 0 aliphatic carbocycles. The zero-order valence-corrected chi connectivity index (χ0v) is 24.6. The molecule has 0 bridgehead atoms. The molecule has 5 rings (SSSR count).